The minimum Gasteiger partial charge on any atom is -0.322 e. The van der Waals surface area contributed by atoms with Crippen LogP contribution in [0.4, 0.5) is 19.3 Å². The summed E-state index contributed by atoms with van der Waals surface area (Å²) in [6, 6.07) is 8.81. The second kappa shape index (κ2) is 7.07. The number of carbonyl (C=O) groups excluding carboxylic acids is 3. The largest absolute Gasteiger partial charge is 0.325 e. The first-order chi connectivity index (χ1) is 12.7. The Morgan fingerprint density at radius 1 is 1.22 bits per heavy atom. The van der Waals surface area contributed by atoms with Crippen LogP contribution in [0.3, 0.4) is 0 Å². The van der Waals surface area contributed by atoms with Gasteiger partial charge in [-0.05, 0) is 25.1 Å². The molecule has 9 heteroatoms. The Kier molecular flexibility index (Phi) is 4.97. The van der Waals surface area contributed by atoms with Gasteiger partial charge in [0, 0.05) is 16.1 Å². The number of nitrogens with zero attached hydrogens (tertiary/aromatic N) is 1. The second-order valence-electron chi connectivity index (χ2n) is 6.10. The number of urea groups is 1. The standard InChI is InChI=1S/C18H14BrF2N3O3/c1-18(11-4-2-3-5-12(11)19)16(26)24(17(27)23-18)9-15(25)22-14-7-6-10(20)8-13(14)21/h2-8H,9H2,1H3,(H,22,25)(H,23,27)/t18-/m1/s1. The lowest BCUT2D eigenvalue weighted by Crippen LogP contribution is -2.42. The van der Waals surface area contributed by atoms with Crippen LogP contribution in [0.1, 0.15) is 12.5 Å². The van der Waals surface area contributed by atoms with E-state index in [4.69, 9.17) is 0 Å². The van der Waals surface area contributed by atoms with Gasteiger partial charge in [-0.1, -0.05) is 34.1 Å². The molecule has 1 aliphatic heterocycles. The number of nitrogens with one attached hydrogen (secondary N) is 2. The summed E-state index contributed by atoms with van der Waals surface area (Å²) in [4.78, 5) is 38.0. The highest BCUT2D eigenvalue weighted by Gasteiger charge is 2.50. The number of hydrogen-bond acceptors (Lipinski definition) is 3. The van der Waals surface area contributed by atoms with Crippen LogP contribution < -0.4 is 10.6 Å². The Morgan fingerprint density at radius 3 is 2.59 bits per heavy atom. The van der Waals surface area contributed by atoms with E-state index in [1.54, 1.807) is 24.3 Å². The molecular formula is C18H14BrF2N3O3. The van der Waals surface area contributed by atoms with Crippen molar-refractivity contribution in [3.8, 4) is 0 Å². The van der Waals surface area contributed by atoms with E-state index in [0.29, 0.717) is 16.1 Å². The summed E-state index contributed by atoms with van der Waals surface area (Å²) < 4.78 is 27.2. The smallest absolute Gasteiger partial charge is 0.322 e. The van der Waals surface area contributed by atoms with Gasteiger partial charge in [0.1, 0.15) is 23.7 Å². The first-order valence-corrected chi connectivity index (χ1v) is 8.65. The average Bonchev–Trinajstić information content (AvgIpc) is 2.82. The van der Waals surface area contributed by atoms with E-state index in [1.165, 1.54) is 6.92 Å². The molecule has 140 valence electrons. The van der Waals surface area contributed by atoms with Crippen LogP contribution in [-0.2, 0) is 15.1 Å². The minimum absolute atomic E-state index is 0.248. The fourth-order valence-electron chi connectivity index (χ4n) is 2.81. The molecule has 2 aromatic carbocycles. The minimum atomic E-state index is -1.35. The molecule has 1 heterocycles. The summed E-state index contributed by atoms with van der Waals surface area (Å²) in [6.45, 7) is 0.923. The van der Waals surface area contributed by atoms with Gasteiger partial charge in [-0.2, -0.15) is 0 Å². The monoisotopic (exact) mass is 437 g/mol. The van der Waals surface area contributed by atoms with Crippen molar-refractivity contribution in [2.45, 2.75) is 12.5 Å². The van der Waals surface area contributed by atoms with Gasteiger partial charge in [0.25, 0.3) is 5.91 Å². The van der Waals surface area contributed by atoms with Crippen LogP contribution in [0, 0.1) is 11.6 Å². The lowest BCUT2D eigenvalue weighted by atomic mass is 9.92. The third-order valence-electron chi connectivity index (χ3n) is 4.19. The fourth-order valence-corrected chi connectivity index (χ4v) is 3.50. The van der Waals surface area contributed by atoms with Crippen molar-refractivity contribution in [1.82, 2.24) is 10.2 Å². The maximum absolute atomic E-state index is 13.6. The van der Waals surface area contributed by atoms with Crippen molar-refractivity contribution in [3.63, 3.8) is 0 Å². The van der Waals surface area contributed by atoms with Gasteiger partial charge in [0.2, 0.25) is 5.91 Å². The van der Waals surface area contributed by atoms with E-state index in [-0.39, 0.29) is 5.69 Å². The van der Waals surface area contributed by atoms with Crippen LogP contribution in [0.2, 0.25) is 0 Å². The molecule has 3 rings (SSSR count). The molecule has 0 spiro atoms. The van der Waals surface area contributed by atoms with Crippen LogP contribution in [0.25, 0.3) is 0 Å². The number of halogens is 3. The van der Waals surface area contributed by atoms with Crippen molar-refractivity contribution < 1.29 is 23.2 Å². The van der Waals surface area contributed by atoms with E-state index < -0.39 is 41.6 Å². The zero-order valence-electron chi connectivity index (χ0n) is 14.1. The Balaban J connectivity index is 1.78. The molecule has 4 amide bonds. The first kappa shape index (κ1) is 19.0. The maximum Gasteiger partial charge on any atom is 0.325 e. The van der Waals surface area contributed by atoms with Gasteiger partial charge in [0.15, 0.2) is 0 Å². The van der Waals surface area contributed by atoms with Crippen LogP contribution in [0.15, 0.2) is 46.9 Å². The number of anilines is 1. The molecule has 6 nitrogen and oxygen atoms in total. The van der Waals surface area contributed by atoms with Gasteiger partial charge in [0.05, 0.1) is 5.69 Å². The maximum atomic E-state index is 13.6. The number of amides is 4. The molecule has 0 unspecified atom stereocenters. The molecule has 0 saturated carbocycles. The van der Waals surface area contributed by atoms with Crippen molar-refractivity contribution in [2.75, 3.05) is 11.9 Å². The van der Waals surface area contributed by atoms with Gasteiger partial charge < -0.3 is 10.6 Å². The summed E-state index contributed by atoms with van der Waals surface area (Å²) in [5, 5.41) is 4.80. The molecule has 1 saturated heterocycles. The normalized spacial score (nSPS) is 19.2. The summed E-state index contributed by atoms with van der Waals surface area (Å²) in [7, 11) is 0. The lowest BCUT2D eigenvalue weighted by Gasteiger charge is -2.23. The summed E-state index contributed by atoms with van der Waals surface area (Å²) in [5.74, 6) is -3.16. The van der Waals surface area contributed by atoms with Crippen molar-refractivity contribution >= 4 is 39.5 Å². The van der Waals surface area contributed by atoms with E-state index in [0.717, 1.165) is 17.0 Å². The molecule has 0 aromatic heterocycles. The number of rotatable bonds is 4. The third kappa shape index (κ3) is 3.55. The van der Waals surface area contributed by atoms with Crippen LogP contribution in [-0.4, -0.2) is 29.3 Å². The third-order valence-corrected chi connectivity index (χ3v) is 4.89. The Morgan fingerprint density at radius 2 is 1.93 bits per heavy atom. The number of carbonyl (C=O) groups is 3. The second-order valence-corrected chi connectivity index (χ2v) is 6.95. The first-order valence-electron chi connectivity index (χ1n) is 7.86. The van der Waals surface area contributed by atoms with E-state index in [9.17, 15) is 23.2 Å². The van der Waals surface area contributed by atoms with E-state index in [2.05, 4.69) is 26.6 Å². The Bertz CT molecular complexity index is 953. The number of hydrogen-bond donors (Lipinski definition) is 2. The molecule has 1 aliphatic rings. The fraction of sp³-hybridized carbons (Fsp3) is 0.167. The van der Waals surface area contributed by atoms with Crippen molar-refractivity contribution in [3.05, 3.63) is 64.1 Å². The molecule has 0 radical (unpaired) electrons. The highest BCUT2D eigenvalue weighted by molar-refractivity contribution is 9.10. The summed E-state index contributed by atoms with van der Waals surface area (Å²) in [6.07, 6.45) is 0. The molecule has 1 atom stereocenters. The molecular weight excluding hydrogens is 424 g/mol. The predicted octanol–water partition coefficient (Wildman–Crippen LogP) is 3.13. The number of benzene rings is 2. The SMILES string of the molecule is C[C@]1(c2ccccc2Br)NC(=O)N(CC(=O)Nc2ccc(F)cc2F)C1=O. The Hall–Kier alpha value is -2.81. The highest BCUT2D eigenvalue weighted by Crippen LogP contribution is 2.33. The molecule has 2 aromatic rings. The van der Waals surface area contributed by atoms with Crippen LogP contribution >= 0.6 is 15.9 Å². The Labute approximate surface area is 161 Å². The highest BCUT2D eigenvalue weighted by atomic mass is 79.9. The van der Waals surface area contributed by atoms with Gasteiger partial charge in [-0.25, -0.2) is 13.6 Å². The molecule has 27 heavy (non-hydrogen) atoms. The van der Waals surface area contributed by atoms with Gasteiger partial charge in [-0.3, -0.25) is 14.5 Å². The molecule has 1 fully saturated rings. The van der Waals surface area contributed by atoms with Crippen molar-refractivity contribution in [2.24, 2.45) is 0 Å². The van der Waals surface area contributed by atoms with E-state index in [1.807, 2.05) is 0 Å². The van der Waals surface area contributed by atoms with Crippen molar-refractivity contribution in [1.29, 1.82) is 0 Å². The van der Waals surface area contributed by atoms with Crippen LogP contribution in [0.5, 0.6) is 0 Å². The molecule has 0 bridgehead atoms. The summed E-state index contributed by atoms with van der Waals surface area (Å²) in [5.41, 5.74) is -1.06. The molecule has 2 N–H and O–H groups in total. The average molecular weight is 438 g/mol. The summed E-state index contributed by atoms with van der Waals surface area (Å²) >= 11 is 3.34. The predicted molar refractivity (Wildman–Crippen MR) is 96.7 cm³/mol. The molecule has 0 aliphatic carbocycles. The van der Waals surface area contributed by atoms with E-state index >= 15 is 0 Å². The zero-order valence-corrected chi connectivity index (χ0v) is 15.6. The lowest BCUT2D eigenvalue weighted by molar-refractivity contribution is -0.133. The number of imide groups is 1. The van der Waals surface area contributed by atoms with Gasteiger partial charge >= 0.3 is 6.03 Å². The van der Waals surface area contributed by atoms with Gasteiger partial charge in [-0.15, -0.1) is 0 Å². The zero-order chi connectivity index (χ0) is 19.8. The topological polar surface area (TPSA) is 78.5 Å². The quantitative estimate of drug-likeness (QED) is 0.721.